The molecule has 0 radical (unpaired) electrons. The molecule has 100 valence electrons. The topological polar surface area (TPSA) is 35.5 Å². The van der Waals surface area contributed by atoms with Gasteiger partial charge in [-0.15, -0.1) is 6.58 Å². The highest BCUT2D eigenvalue weighted by molar-refractivity contribution is 5.98. The second-order valence-corrected chi connectivity index (χ2v) is 6.17. The Hall–Kier alpha value is -0.930. The van der Waals surface area contributed by atoms with Crippen molar-refractivity contribution in [2.24, 2.45) is 0 Å². The van der Waals surface area contributed by atoms with E-state index in [1.54, 1.807) is 12.2 Å². The lowest BCUT2D eigenvalue weighted by Crippen LogP contribution is -2.55. The zero-order chi connectivity index (χ0) is 13.6. The molecule has 0 aromatic heterocycles. The van der Waals surface area contributed by atoms with E-state index in [-0.39, 0.29) is 17.5 Å². The maximum atomic E-state index is 12.2. The van der Waals surface area contributed by atoms with Crippen molar-refractivity contribution >= 4 is 5.78 Å². The predicted octanol–water partition coefficient (Wildman–Crippen LogP) is 2.80. The van der Waals surface area contributed by atoms with Gasteiger partial charge in [0, 0.05) is 0 Å². The van der Waals surface area contributed by atoms with E-state index in [9.17, 15) is 4.79 Å². The number of ether oxygens (including phenoxy) is 2. The third kappa shape index (κ3) is 2.17. The number of hydrogen-bond acceptors (Lipinski definition) is 3. The van der Waals surface area contributed by atoms with Crippen molar-refractivity contribution in [1.29, 1.82) is 0 Å². The monoisotopic (exact) mass is 250 g/mol. The summed E-state index contributed by atoms with van der Waals surface area (Å²) >= 11 is 0. The average molecular weight is 250 g/mol. The van der Waals surface area contributed by atoms with E-state index < -0.39 is 11.2 Å². The molecule has 2 heterocycles. The van der Waals surface area contributed by atoms with Gasteiger partial charge in [-0.3, -0.25) is 4.79 Å². The largest absolute Gasteiger partial charge is 0.364 e. The molecule has 2 aliphatic rings. The zero-order valence-corrected chi connectivity index (χ0v) is 11.7. The van der Waals surface area contributed by atoms with Gasteiger partial charge in [0.15, 0.2) is 11.4 Å². The molecule has 0 amide bonds. The van der Waals surface area contributed by atoms with Crippen LogP contribution in [0.15, 0.2) is 24.8 Å². The number of carbonyl (C=O) groups excluding carboxylic acids is 1. The van der Waals surface area contributed by atoms with Crippen LogP contribution >= 0.6 is 0 Å². The summed E-state index contributed by atoms with van der Waals surface area (Å²) < 4.78 is 12.0. The minimum atomic E-state index is -0.890. The molecule has 2 rings (SSSR count). The summed E-state index contributed by atoms with van der Waals surface area (Å²) in [5.41, 5.74) is -1.67. The molecule has 3 heteroatoms. The highest BCUT2D eigenvalue weighted by Crippen LogP contribution is 2.41. The van der Waals surface area contributed by atoms with Gasteiger partial charge in [-0.1, -0.05) is 6.08 Å². The average Bonchev–Trinajstić information content (AvgIpc) is 2.68. The molecule has 0 saturated carbocycles. The Kier molecular flexibility index (Phi) is 3.03. The van der Waals surface area contributed by atoms with Crippen LogP contribution < -0.4 is 0 Å². The Morgan fingerprint density at radius 1 is 1.39 bits per heavy atom. The van der Waals surface area contributed by atoms with Crippen molar-refractivity contribution in [2.45, 2.75) is 63.4 Å². The van der Waals surface area contributed by atoms with Gasteiger partial charge in [0.05, 0.1) is 17.3 Å². The SMILES string of the molecule is C=C[C@@]1(C)CC[C@H]([C@]2(C)OC(C)(C)C=CC2=O)O1. The summed E-state index contributed by atoms with van der Waals surface area (Å²) in [6.45, 7) is 11.5. The van der Waals surface area contributed by atoms with Gasteiger partial charge in [-0.25, -0.2) is 0 Å². The number of rotatable bonds is 2. The van der Waals surface area contributed by atoms with Crippen LogP contribution in [0.2, 0.25) is 0 Å². The molecular formula is C15H22O3. The third-order valence-electron chi connectivity index (χ3n) is 3.96. The van der Waals surface area contributed by atoms with Gasteiger partial charge < -0.3 is 9.47 Å². The Bertz CT molecular complexity index is 410. The minimum Gasteiger partial charge on any atom is -0.364 e. The quantitative estimate of drug-likeness (QED) is 0.707. The van der Waals surface area contributed by atoms with E-state index in [2.05, 4.69) is 6.58 Å². The molecule has 0 aromatic carbocycles. The number of hydrogen-bond donors (Lipinski definition) is 0. The van der Waals surface area contributed by atoms with E-state index in [0.29, 0.717) is 0 Å². The Morgan fingerprint density at radius 2 is 2.06 bits per heavy atom. The van der Waals surface area contributed by atoms with Crippen molar-refractivity contribution in [1.82, 2.24) is 0 Å². The Morgan fingerprint density at radius 3 is 2.61 bits per heavy atom. The van der Waals surface area contributed by atoms with Crippen molar-refractivity contribution in [3.63, 3.8) is 0 Å². The van der Waals surface area contributed by atoms with Crippen LogP contribution in [0.3, 0.4) is 0 Å². The first-order chi connectivity index (χ1) is 8.21. The molecule has 0 aliphatic carbocycles. The van der Waals surface area contributed by atoms with Gasteiger partial charge in [-0.05, 0) is 52.7 Å². The second-order valence-electron chi connectivity index (χ2n) is 6.17. The molecule has 0 unspecified atom stereocenters. The highest BCUT2D eigenvalue weighted by atomic mass is 16.6. The maximum absolute atomic E-state index is 12.2. The van der Waals surface area contributed by atoms with Crippen molar-refractivity contribution in [3.05, 3.63) is 24.8 Å². The van der Waals surface area contributed by atoms with Crippen molar-refractivity contribution in [2.75, 3.05) is 0 Å². The fourth-order valence-electron chi connectivity index (χ4n) is 2.70. The molecule has 18 heavy (non-hydrogen) atoms. The lowest BCUT2D eigenvalue weighted by molar-refractivity contribution is -0.190. The van der Waals surface area contributed by atoms with Crippen LogP contribution in [0.4, 0.5) is 0 Å². The summed E-state index contributed by atoms with van der Waals surface area (Å²) in [5, 5.41) is 0. The highest BCUT2D eigenvalue weighted by Gasteiger charge is 2.52. The molecule has 0 N–H and O–H groups in total. The summed E-state index contributed by atoms with van der Waals surface area (Å²) in [7, 11) is 0. The van der Waals surface area contributed by atoms with Gasteiger partial charge >= 0.3 is 0 Å². The normalized spacial score (nSPS) is 43.1. The molecule has 3 nitrogen and oxygen atoms in total. The molecule has 3 atom stereocenters. The number of carbonyl (C=O) groups is 1. The van der Waals surface area contributed by atoms with Crippen LogP contribution in [-0.4, -0.2) is 28.7 Å². The molecule has 0 spiro atoms. The third-order valence-corrected chi connectivity index (χ3v) is 3.96. The van der Waals surface area contributed by atoms with Gasteiger partial charge in [-0.2, -0.15) is 0 Å². The van der Waals surface area contributed by atoms with Crippen LogP contribution in [0.25, 0.3) is 0 Å². The Balaban J connectivity index is 2.25. The zero-order valence-electron chi connectivity index (χ0n) is 11.7. The molecular weight excluding hydrogens is 228 g/mol. The van der Waals surface area contributed by atoms with E-state index in [4.69, 9.17) is 9.47 Å². The molecule has 0 bridgehead atoms. The first kappa shape index (κ1) is 13.5. The van der Waals surface area contributed by atoms with E-state index in [1.807, 2.05) is 33.8 Å². The van der Waals surface area contributed by atoms with Crippen LogP contribution in [0.1, 0.15) is 40.5 Å². The van der Waals surface area contributed by atoms with E-state index in [0.717, 1.165) is 12.8 Å². The van der Waals surface area contributed by atoms with Gasteiger partial charge in [0.1, 0.15) is 0 Å². The maximum Gasteiger partial charge on any atom is 0.189 e. The fraction of sp³-hybridized carbons (Fsp3) is 0.667. The van der Waals surface area contributed by atoms with Crippen molar-refractivity contribution in [3.8, 4) is 0 Å². The van der Waals surface area contributed by atoms with Crippen LogP contribution in [0.5, 0.6) is 0 Å². The van der Waals surface area contributed by atoms with Crippen LogP contribution in [-0.2, 0) is 14.3 Å². The molecule has 1 fully saturated rings. The van der Waals surface area contributed by atoms with Gasteiger partial charge in [0.25, 0.3) is 0 Å². The van der Waals surface area contributed by atoms with E-state index in [1.165, 1.54) is 0 Å². The second kappa shape index (κ2) is 4.04. The predicted molar refractivity (Wildman–Crippen MR) is 70.4 cm³/mol. The molecule has 1 saturated heterocycles. The first-order valence-electron chi connectivity index (χ1n) is 6.46. The summed E-state index contributed by atoms with van der Waals surface area (Å²) in [4.78, 5) is 12.2. The first-order valence-corrected chi connectivity index (χ1v) is 6.46. The Labute approximate surface area is 109 Å². The molecule has 0 aromatic rings. The summed E-state index contributed by atoms with van der Waals surface area (Å²) in [6.07, 6.45) is 6.71. The number of ketones is 1. The standard InChI is InChI=1S/C15H22O3/c1-6-14(4)10-8-12(17-14)15(5)11(16)7-9-13(2,3)18-15/h6-7,9,12H,1,8,10H2,2-5H3/t12-,14+,15-/m1/s1. The smallest absolute Gasteiger partial charge is 0.189 e. The van der Waals surface area contributed by atoms with Crippen molar-refractivity contribution < 1.29 is 14.3 Å². The molecule has 2 aliphatic heterocycles. The lowest BCUT2D eigenvalue weighted by Gasteiger charge is -2.42. The minimum absolute atomic E-state index is 0.0138. The fourth-order valence-corrected chi connectivity index (χ4v) is 2.70. The van der Waals surface area contributed by atoms with E-state index >= 15 is 0 Å². The summed E-state index contributed by atoms with van der Waals surface area (Å²) in [5.74, 6) is -0.0138. The lowest BCUT2D eigenvalue weighted by atomic mass is 9.86. The summed E-state index contributed by atoms with van der Waals surface area (Å²) in [6, 6.07) is 0. The van der Waals surface area contributed by atoms with Crippen LogP contribution in [0, 0.1) is 0 Å². The van der Waals surface area contributed by atoms with Gasteiger partial charge in [0.2, 0.25) is 0 Å².